The van der Waals surface area contributed by atoms with Crippen LogP contribution in [0.1, 0.15) is 32.3 Å². The first-order valence-electron chi connectivity index (χ1n) is 7.40. The summed E-state index contributed by atoms with van der Waals surface area (Å²) in [5, 5.41) is 2.56. The molecule has 5 heteroatoms. The molecule has 0 unspecified atom stereocenters. The number of hydrogen-bond acceptors (Lipinski definition) is 2. The van der Waals surface area contributed by atoms with Crippen molar-refractivity contribution >= 4 is 11.8 Å². The molecule has 2 amide bonds. The molecule has 0 spiro atoms. The Morgan fingerprint density at radius 2 is 1.76 bits per heavy atom. The second-order valence-corrected chi connectivity index (χ2v) is 4.89. The Labute approximate surface area is 125 Å². The van der Waals surface area contributed by atoms with Gasteiger partial charge in [-0.1, -0.05) is 32.0 Å². The van der Waals surface area contributed by atoms with Gasteiger partial charge in [-0.05, 0) is 30.9 Å². The third kappa shape index (κ3) is 5.53. The van der Waals surface area contributed by atoms with Gasteiger partial charge in [0, 0.05) is 19.6 Å². The third-order valence-electron chi connectivity index (χ3n) is 3.11. The van der Waals surface area contributed by atoms with E-state index in [1.807, 2.05) is 13.8 Å². The normalized spacial score (nSPS) is 10.2. The van der Waals surface area contributed by atoms with Crippen LogP contribution < -0.4 is 5.32 Å². The summed E-state index contributed by atoms with van der Waals surface area (Å²) in [4.78, 5) is 25.3. The van der Waals surface area contributed by atoms with Gasteiger partial charge in [-0.25, -0.2) is 4.39 Å². The summed E-state index contributed by atoms with van der Waals surface area (Å²) < 4.78 is 13.4. The van der Waals surface area contributed by atoms with Gasteiger partial charge in [0.05, 0.1) is 0 Å². The van der Waals surface area contributed by atoms with E-state index in [9.17, 15) is 14.0 Å². The van der Waals surface area contributed by atoms with Gasteiger partial charge in [-0.3, -0.25) is 9.59 Å². The average molecular weight is 294 g/mol. The lowest BCUT2D eigenvalue weighted by atomic mass is 10.1. The van der Waals surface area contributed by atoms with Crippen LogP contribution in [0.2, 0.25) is 0 Å². The summed E-state index contributed by atoms with van der Waals surface area (Å²) >= 11 is 0. The zero-order chi connectivity index (χ0) is 15.7. The first-order valence-corrected chi connectivity index (χ1v) is 7.40. The Kier molecular flexibility index (Phi) is 7.43. The molecule has 0 radical (unpaired) electrons. The Bertz CT molecular complexity index is 471. The Morgan fingerprint density at radius 1 is 1.14 bits per heavy atom. The van der Waals surface area contributed by atoms with E-state index >= 15 is 0 Å². The number of nitrogens with one attached hydrogen (secondary N) is 1. The smallest absolute Gasteiger partial charge is 0.311 e. The van der Waals surface area contributed by atoms with Crippen molar-refractivity contribution in [3.05, 3.63) is 35.6 Å². The molecule has 1 aromatic carbocycles. The number of carbonyl (C=O) groups excluding carboxylic acids is 2. The van der Waals surface area contributed by atoms with E-state index in [2.05, 4.69) is 5.32 Å². The van der Waals surface area contributed by atoms with Crippen LogP contribution in [0.15, 0.2) is 24.3 Å². The lowest BCUT2D eigenvalue weighted by Gasteiger charge is -2.20. The number of halogens is 1. The summed E-state index contributed by atoms with van der Waals surface area (Å²) in [7, 11) is 0. The van der Waals surface area contributed by atoms with Crippen molar-refractivity contribution < 1.29 is 14.0 Å². The first kappa shape index (κ1) is 17.1. The van der Waals surface area contributed by atoms with Crippen molar-refractivity contribution in [1.29, 1.82) is 0 Å². The summed E-state index contributed by atoms with van der Waals surface area (Å²) in [5.74, 6) is -1.42. The van der Waals surface area contributed by atoms with E-state index in [4.69, 9.17) is 0 Å². The molecule has 0 aliphatic heterocycles. The van der Waals surface area contributed by atoms with Crippen LogP contribution in [0, 0.1) is 5.82 Å². The summed E-state index contributed by atoms with van der Waals surface area (Å²) in [6.45, 7) is 5.33. The van der Waals surface area contributed by atoms with Gasteiger partial charge in [0.15, 0.2) is 0 Å². The minimum absolute atomic E-state index is 0.248. The van der Waals surface area contributed by atoms with Crippen LogP contribution in [0.3, 0.4) is 0 Å². The van der Waals surface area contributed by atoms with Gasteiger partial charge < -0.3 is 10.2 Å². The largest absolute Gasteiger partial charge is 0.347 e. The highest BCUT2D eigenvalue weighted by Crippen LogP contribution is 2.06. The molecular formula is C16H23FN2O2. The van der Waals surface area contributed by atoms with Crippen LogP contribution in [-0.4, -0.2) is 36.3 Å². The molecule has 0 heterocycles. The molecule has 0 atom stereocenters. The fourth-order valence-corrected chi connectivity index (χ4v) is 2.09. The molecule has 0 saturated carbocycles. The van der Waals surface area contributed by atoms with E-state index in [-0.39, 0.29) is 12.4 Å². The van der Waals surface area contributed by atoms with Gasteiger partial charge in [-0.15, -0.1) is 0 Å². The Hall–Kier alpha value is -1.91. The highest BCUT2D eigenvalue weighted by Gasteiger charge is 2.19. The zero-order valence-electron chi connectivity index (χ0n) is 12.7. The van der Waals surface area contributed by atoms with Crippen LogP contribution in [0.25, 0.3) is 0 Å². The molecule has 116 valence electrons. The van der Waals surface area contributed by atoms with Crippen LogP contribution >= 0.6 is 0 Å². The lowest BCUT2D eigenvalue weighted by Crippen LogP contribution is -2.44. The lowest BCUT2D eigenvalue weighted by molar-refractivity contribution is -0.145. The molecule has 21 heavy (non-hydrogen) atoms. The Balaban J connectivity index is 2.45. The van der Waals surface area contributed by atoms with Crippen molar-refractivity contribution in [2.45, 2.75) is 33.1 Å². The van der Waals surface area contributed by atoms with Crippen molar-refractivity contribution in [2.24, 2.45) is 0 Å². The number of benzene rings is 1. The van der Waals surface area contributed by atoms with Gasteiger partial charge >= 0.3 is 11.8 Å². The zero-order valence-corrected chi connectivity index (χ0v) is 12.7. The van der Waals surface area contributed by atoms with E-state index in [1.165, 1.54) is 6.07 Å². The molecule has 0 aliphatic rings. The SMILES string of the molecule is CCCN(CCC)C(=O)C(=O)NCCc1ccccc1F. The second kappa shape index (κ2) is 9.10. The molecular weight excluding hydrogens is 271 g/mol. The monoisotopic (exact) mass is 294 g/mol. The summed E-state index contributed by atoms with van der Waals surface area (Å²) in [6, 6.07) is 6.42. The minimum Gasteiger partial charge on any atom is -0.347 e. The van der Waals surface area contributed by atoms with Crippen molar-refractivity contribution in [3.8, 4) is 0 Å². The fourth-order valence-electron chi connectivity index (χ4n) is 2.09. The number of carbonyl (C=O) groups is 2. The number of hydrogen-bond donors (Lipinski definition) is 1. The maximum absolute atomic E-state index is 13.4. The maximum Gasteiger partial charge on any atom is 0.311 e. The van der Waals surface area contributed by atoms with E-state index in [0.29, 0.717) is 25.1 Å². The quantitative estimate of drug-likeness (QED) is 0.783. The molecule has 4 nitrogen and oxygen atoms in total. The topological polar surface area (TPSA) is 49.4 Å². The van der Waals surface area contributed by atoms with Crippen LogP contribution in [0.4, 0.5) is 4.39 Å². The fraction of sp³-hybridized carbons (Fsp3) is 0.500. The van der Waals surface area contributed by atoms with Crippen molar-refractivity contribution in [2.75, 3.05) is 19.6 Å². The first-order chi connectivity index (χ1) is 10.1. The van der Waals surface area contributed by atoms with Gasteiger partial charge in [0.25, 0.3) is 0 Å². The standard InChI is InChI=1S/C16H23FN2O2/c1-3-11-19(12-4-2)16(21)15(20)18-10-9-13-7-5-6-8-14(13)17/h5-8H,3-4,9-12H2,1-2H3,(H,18,20). The number of rotatable bonds is 7. The molecule has 0 fully saturated rings. The van der Waals surface area contributed by atoms with Crippen molar-refractivity contribution in [3.63, 3.8) is 0 Å². The third-order valence-corrected chi connectivity index (χ3v) is 3.11. The minimum atomic E-state index is -0.617. The van der Waals surface area contributed by atoms with E-state index in [0.717, 1.165) is 12.8 Å². The maximum atomic E-state index is 13.4. The predicted molar refractivity (Wildman–Crippen MR) is 80.3 cm³/mol. The summed E-state index contributed by atoms with van der Waals surface area (Å²) in [6.07, 6.45) is 2.00. The average Bonchev–Trinajstić information content (AvgIpc) is 2.48. The number of amides is 2. The molecule has 1 rings (SSSR count). The molecule has 0 aromatic heterocycles. The van der Waals surface area contributed by atoms with Gasteiger partial charge in [-0.2, -0.15) is 0 Å². The molecule has 0 saturated heterocycles. The van der Waals surface area contributed by atoms with Crippen molar-refractivity contribution in [1.82, 2.24) is 10.2 Å². The van der Waals surface area contributed by atoms with Crippen LogP contribution in [0.5, 0.6) is 0 Å². The molecule has 1 aromatic rings. The predicted octanol–water partition coefficient (Wildman–Crippen LogP) is 2.13. The summed E-state index contributed by atoms with van der Waals surface area (Å²) in [5.41, 5.74) is 0.532. The van der Waals surface area contributed by atoms with Gasteiger partial charge in [0.1, 0.15) is 5.82 Å². The molecule has 1 N–H and O–H groups in total. The molecule has 0 bridgehead atoms. The highest BCUT2D eigenvalue weighted by molar-refractivity contribution is 6.35. The molecule has 0 aliphatic carbocycles. The number of nitrogens with zero attached hydrogens (tertiary/aromatic N) is 1. The van der Waals surface area contributed by atoms with E-state index < -0.39 is 11.8 Å². The van der Waals surface area contributed by atoms with Crippen LogP contribution in [-0.2, 0) is 16.0 Å². The van der Waals surface area contributed by atoms with Gasteiger partial charge in [0.2, 0.25) is 0 Å². The van der Waals surface area contributed by atoms with E-state index in [1.54, 1.807) is 23.1 Å². The highest BCUT2D eigenvalue weighted by atomic mass is 19.1. The second-order valence-electron chi connectivity index (χ2n) is 4.89. The Morgan fingerprint density at radius 3 is 2.33 bits per heavy atom.